The van der Waals surface area contributed by atoms with Crippen molar-refractivity contribution in [3.63, 3.8) is 0 Å². The third-order valence-electron chi connectivity index (χ3n) is 3.54. The Bertz CT molecular complexity index is 546. The van der Waals surface area contributed by atoms with Crippen LogP contribution >= 0.6 is 11.6 Å². The van der Waals surface area contributed by atoms with Crippen LogP contribution in [0.15, 0.2) is 48.5 Å². The maximum atomic E-state index is 6.00. The summed E-state index contributed by atoms with van der Waals surface area (Å²) in [5, 5.41) is 4.39. The SMILES string of the molecule is CCCNC(c1ccc(Cl)cc1)c1ccc(N(C)C)cc1. The fourth-order valence-corrected chi connectivity index (χ4v) is 2.46. The second kappa shape index (κ2) is 7.48. The summed E-state index contributed by atoms with van der Waals surface area (Å²) >= 11 is 6.00. The maximum absolute atomic E-state index is 6.00. The van der Waals surface area contributed by atoms with Gasteiger partial charge in [0.15, 0.2) is 0 Å². The maximum Gasteiger partial charge on any atom is 0.0576 e. The van der Waals surface area contributed by atoms with Crippen LogP contribution in [-0.4, -0.2) is 20.6 Å². The highest BCUT2D eigenvalue weighted by atomic mass is 35.5. The minimum absolute atomic E-state index is 0.207. The molecule has 1 atom stereocenters. The lowest BCUT2D eigenvalue weighted by Gasteiger charge is -2.21. The van der Waals surface area contributed by atoms with Gasteiger partial charge in [-0.25, -0.2) is 0 Å². The average Bonchev–Trinajstić information content (AvgIpc) is 2.50. The predicted octanol–water partition coefficient (Wildman–Crippen LogP) is 4.50. The third kappa shape index (κ3) is 4.23. The molecule has 1 N–H and O–H groups in total. The lowest BCUT2D eigenvalue weighted by atomic mass is 9.98. The van der Waals surface area contributed by atoms with Gasteiger partial charge in [-0.15, -0.1) is 0 Å². The van der Waals surface area contributed by atoms with E-state index < -0.39 is 0 Å². The van der Waals surface area contributed by atoms with E-state index in [9.17, 15) is 0 Å². The molecule has 0 aromatic heterocycles. The number of halogens is 1. The zero-order valence-corrected chi connectivity index (χ0v) is 13.7. The summed E-state index contributed by atoms with van der Waals surface area (Å²) in [5.74, 6) is 0. The van der Waals surface area contributed by atoms with Crippen molar-refractivity contribution in [2.24, 2.45) is 0 Å². The van der Waals surface area contributed by atoms with Crippen LogP contribution in [0.25, 0.3) is 0 Å². The molecule has 21 heavy (non-hydrogen) atoms. The van der Waals surface area contributed by atoms with Crippen LogP contribution in [0, 0.1) is 0 Å². The normalized spacial score (nSPS) is 12.2. The van der Waals surface area contributed by atoms with Crippen molar-refractivity contribution >= 4 is 17.3 Å². The van der Waals surface area contributed by atoms with Crippen LogP contribution in [0.3, 0.4) is 0 Å². The van der Waals surface area contributed by atoms with E-state index in [0.29, 0.717) is 0 Å². The molecule has 3 heteroatoms. The van der Waals surface area contributed by atoms with Gasteiger partial charge in [-0.1, -0.05) is 42.8 Å². The Kier molecular flexibility index (Phi) is 5.66. The van der Waals surface area contributed by atoms with Crippen LogP contribution in [0.4, 0.5) is 5.69 Å². The smallest absolute Gasteiger partial charge is 0.0576 e. The van der Waals surface area contributed by atoms with Crippen molar-refractivity contribution in [3.8, 4) is 0 Å². The minimum Gasteiger partial charge on any atom is -0.378 e. The first kappa shape index (κ1) is 15.9. The van der Waals surface area contributed by atoms with Crippen LogP contribution in [0.5, 0.6) is 0 Å². The highest BCUT2D eigenvalue weighted by molar-refractivity contribution is 6.30. The molecule has 2 nitrogen and oxygen atoms in total. The van der Waals surface area contributed by atoms with E-state index in [2.05, 4.69) is 67.6 Å². The van der Waals surface area contributed by atoms with Gasteiger partial charge in [0.05, 0.1) is 6.04 Å². The van der Waals surface area contributed by atoms with Crippen molar-refractivity contribution in [2.45, 2.75) is 19.4 Å². The molecule has 0 saturated heterocycles. The molecule has 0 amide bonds. The minimum atomic E-state index is 0.207. The van der Waals surface area contributed by atoms with Gasteiger partial charge in [0.2, 0.25) is 0 Å². The van der Waals surface area contributed by atoms with Crippen molar-refractivity contribution in [3.05, 3.63) is 64.7 Å². The van der Waals surface area contributed by atoms with Crippen LogP contribution in [-0.2, 0) is 0 Å². The first-order chi connectivity index (χ1) is 10.1. The van der Waals surface area contributed by atoms with E-state index in [1.165, 1.54) is 16.8 Å². The van der Waals surface area contributed by atoms with Crippen LogP contribution < -0.4 is 10.2 Å². The van der Waals surface area contributed by atoms with Crippen molar-refractivity contribution in [1.29, 1.82) is 0 Å². The predicted molar refractivity (Wildman–Crippen MR) is 92.4 cm³/mol. The Morgan fingerprint density at radius 3 is 1.95 bits per heavy atom. The van der Waals surface area contributed by atoms with E-state index in [1.807, 2.05) is 12.1 Å². The molecular formula is C18H23ClN2. The van der Waals surface area contributed by atoms with E-state index in [0.717, 1.165) is 18.0 Å². The van der Waals surface area contributed by atoms with Gasteiger partial charge in [-0.2, -0.15) is 0 Å². The molecule has 0 heterocycles. The van der Waals surface area contributed by atoms with Crippen LogP contribution in [0.2, 0.25) is 5.02 Å². The standard InChI is InChI=1S/C18H23ClN2/c1-4-13-20-18(14-5-9-16(19)10-6-14)15-7-11-17(12-8-15)21(2)3/h5-12,18,20H,4,13H2,1-3H3. The molecule has 0 bridgehead atoms. The Labute approximate surface area is 132 Å². The summed E-state index contributed by atoms with van der Waals surface area (Å²) < 4.78 is 0. The highest BCUT2D eigenvalue weighted by Gasteiger charge is 2.13. The summed E-state index contributed by atoms with van der Waals surface area (Å²) in [6.07, 6.45) is 1.11. The van der Waals surface area contributed by atoms with E-state index in [-0.39, 0.29) is 6.04 Å². The van der Waals surface area contributed by atoms with Gasteiger partial charge < -0.3 is 10.2 Å². The summed E-state index contributed by atoms with van der Waals surface area (Å²) in [4.78, 5) is 2.11. The summed E-state index contributed by atoms with van der Waals surface area (Å²) in [7, 11) is 4.11. The molecule has 0 spiro atoms. The fourth-order valence-electron chi connectivity index (χ4n) is 2.34. The van der Waals surface area contributed by atoms with Gasteiger partial charge in [-0.05, 0) is 48.4 Å². The molecule has 0 aliphatic rings. The first-order valence-corrected chi connectivity index (χ1v) is 7.75. The molecular weight excluding hydrogens is 280 g/mol. The fraction of sp³-hybridized carbons (Fsp3) is 0.333. The highest BCUT2D eigenvalue weighted by Crippen LogP contribution is 2.25. The molecule has 2 aromatic carbocycles. The van der Waals surface area contributed by atoms with E-state index in [4.69, 9.17) is 11.6 Å². The van der Waals surface area contributed by atoms with Gasteiger partial charge >= 0.3 is 0 Å². The first-order valence-electron chi connectivity index (χ1n) is 7.38. The molecule has 0 aliphatic carbocycles. The molecule has 112 valence electrons. The average molecular weight is 303 g/mol. The molecule has 0 saturated carbocycles. The largest absolute Gasteiger partial charge is 0.378 e. The molecule has 0 radical (unpaired) electrons. The van der Waals surface area contributed by atoms with Gasteiger partial charge in [-0.3, -0.25) is 0 Å². The number of benzene rings is 2. The second-order valence-electron chi connectivity index (χ2n) is 5.42. The summed E-state index contributed by atoms with van der Waals surface area (Å²) in [6, 6.07) is 17.0. The van der Waals surface area contributed by atoms with E-state index >= 15 is 0 Å². The molecule has 1 unspecified atom stereocenters. The quantitative estimate of drug-likeness (QED) is 0.845. The number of nitrogens with zero attached hydrogens (tertiary/aromatic N) is 1. The Balaban J connectivity index is 2.28. The lowest BCUT2D eigenvalue weighted by molar-refractivity contribution is 0.598. The zero-order chi connectivity index (χ0) is 15.2. The van der Waals surface area contributed by atoms with Gasteiger partial charge in [0, 0.05) is 24.8 Å². The Hall–Kier alpha value is -1.51. The zero-order valence-electron chi connectivity index (χ0n) is 12.9. The number of rotatable bonds is 6. The third-order valence-corrected chi connectivity index (χ3v) is 3.80. The number of anilines is 1. The summed E-state index contributed by atoms with van der Waals surface area (Å²) in [5.41, 5.74) is 3.73. The number of hydrogen-bond acceptors (Lipinski definition) is 2. The lowest BCUT2D eigenvalue weighted by Crippen LogP contribution is -2.23. The second-order valence-corrected chi connectivity index (χ2v) is 5.86. The number of hydrogen-bond donors (Lipinski definition) is 1. The Morgan fingerprint density at radius 2 is 1.48 bits per heavy atom. The van der Waals surface area contributed by atoms with Crippen molar-refractivity contribution < 1.29 is 0 Å². The molecule has 2 aromatic rings. The van der Waals surface area contributed by atoms with E-state index in [1.54, 1.807) is 0 Å². The molecule has 2 rings (SSSR count). The summed E-state index contributed by atoms with van der Waals surface area (Å²) in [6.45, 7) is 3.17. The molecule has 0 aliphatic heterocycles. The molecule has 0 fully saturated rings. The van der Waals surface area contributed by atoms with Crippen LogP contribution in [0.1, 0.15) is 30.5 Å². The van der Waals surface area contributed by atoms with Crippen molar-refractivity contribution in [1.82, 2.24) is 5.32 Å². The van der Waals surface area contributed by atoms with Gasteiger partial charge in [0.1, 0.15) is 0 Å². The number of nitrogens with one attached hydrogen (secondary N) is 1. The van der Waals surface area contributed by atoms with Crippen molar-refractivity contribution in [2.75, 3.05) is 25.5 Å². The Morgan fingerprint density at radius 1 is 0.952 bits per heavy atom. The van der Waals surface area contributed by atoms with Gasteiger partial charge in [0.25, 0.3) is 0 Å². The monoisotopic (exact) mass is 302 g/mol. The topological polar surface area (TPSA) is 15.3 Å².